The van der Waals surface area contributed by atoms with E-state index in [0.717, 1.165) is 12.3 Å². The molecule has 17 heavy (non-hydrogen) atoms. The van der Waals surface area contributed by atoms with Gasteiger partial charge in [-0.25, -0.2) is 0 Å². The zero-order valence-corrected chi connectivity index (χ0v) is 11.0. The zero-order valence-electron chi connectivity index (χ0n) is 11.0. The van der Waals surface area contributed by atoms with Gasteiger partial charge in [-0.1, -0.05) is 38.5 Å². The molecule has 0 amide bonds. The minimum atomic E-state index is 0.173. The first-order valence-electron chi connectivity index (χ1n) is 6.85. The molecule has 2 nitrogen and oxygen atoms in total. The summed E-state index contributed by atoms with van der Waals surface area (Å²) in [6.07, 6.45) is 3.62. The van der Waals surface area contributed by atoms with Crippen LogP contribution in [0.3, 0.4) is 0 Å². The first-order valence-corrected chi connectivity index (χ1v) is 6.85. The molecule has 1 fully saturated rings. The van der Waals surface area contributed by atoms with Crippen molar-refractivity contribution < 1.29 is 0 Å². The summed E-state index contributed by atoms with van der Waals surface area (Å²) in [4.78, 5) is 2.51. The Hall–Kier alpha value is -1.02. The Morgan fingerprint density at radius 1 is 1.35 bits per heavy atom. The Labute approximate surface area is 105 Å². The van der Waals surface area contributed by atoms with Gasteiger partial charge >= 0.3 is 0 Å². The molecule has 0 radical (unpaired) electrons. The average molecular weight is 232 g/mol. The minimum absolute atomic E-state index is 0.173. The third-order valence-electron chi connectivity index (χ3n) is 3.98. The van der Waals surface area contributed by atoms with E-state index in [0.29, 0.717) is 0 Å². The van der Waals surface area contributed by atoms with Crippen LogP contribution >= 0.6 is 0 Å². The maximum Gasteiger partial charge on any atom is 0.0414 e. The van der Waals surface area contributed by atoms with Crippen LogP contribution in [0.2, 0.25) is 0 Å². The van der Waals surface area contributed by atoms with Crippen molar-refractivity contribution in [1.82, 2.24) is 0 Å². The fraction of sp³-hybridized carbons (Fsp3) is 0.600. The van der Waals surface area contributed by atoms with Crippen molar-refractivity contribution in [2.75, 3.05) is 18.0 Å². The lowest BCUT2D eigenvalue weighted by Crippen LogP contribution is -2.23. The molecule has 2 rings (SSSR count). The van der Waals surface area contributed by atoms with Gasteiger partial charge in [-0.2, -0.15) is 0 Å². The number of nitrogens with zero attached hydrogens (tertiary/aromatic N) is 1. The maximum absolute atomic E-state index is 6.20. The van der Waals surface area contributed by atoms with Crippen molar-refractivity contribution in [3.8, 4) is 0 Å². The lowest BCUT2D eigenvalue weighted by Gasteiger charge is -2.24. The van der Waals surface area contributed by atoms with Crippen LogP contribution in [0.15, 0.2) is 24.3 Å². The smallest absolute Gasteiger partial charge is 0.0414 e. The van der Waals surface area contributed by atoms with Gasteiger partial charge in [0.15, 0.2) is 0 Å². The van der Waals surface area contributed by atoms with Gasteiger partial charge in [-0.05, 0) is 30.4 Å². The van der Waals surface area contributed by atoms with Gasteiger partial charge in [0.05, 0.1) is 0 Å². The van der Waals surface area contributed by atoms with Crippen LogP contribution in [-0.2, 0) is 0 Å². The molecule has 0 bridgehead atoms. The minimum Gasteiger partial charge on any atom is -0.371 e. The first kappa shape index (κ1) is 12.4. The molecule has 2 atom stereocenters. The number of nitrogens with two attached hydrogens (primary N) is 1. The van der Waals surface area contributed by atoms with Crippen LogP contribution in [0.5, 0.6) is 0 Å². The first-order chi connectivity index (χ1) is 8.26. The molecule has 0 saturated carbocycles. The molecule has 1 unspecified atom stereocenters. The van der Waals surface area contributed by atoms with Crippen molar-refractivity contribution in [3.63, 3.8) is 0 Å². The van der Waals surface area contributed by atoms with Crippen LogP contribution in [-0.4, -0.2) is 13.1 Å². The van der Waals surface area contributed by atoms with Crippen molar-refractivity contribution in [2.45, 2.75) is 39.2 Å². The number of benzene rings is 1. The van der Waals surface area contributed by atoms with Crippen LogP contribution in [0.25, 0.3) is 0 Å². The van der Waals surface area contributed by atoms with Crippen molar-refractivity contribution in [3.05, 3.63) is 29.8 Å². The maximum atomic E-state index is 6.20. The highest BCUT2D eigenvalue weighted by atomic mass is 15.2. The van der Waals surface area contributed by atoms with Crippen molar-refractivity contribution in [1.29, 1.82) is 0 Å². The highest BCUT2D eigenvalue weighted by molar-refractivity contribution is 5.55. The topological polar surface area (TPSA) is 29.3 Å². The number of rotatable bonds is 4. The summed E-state index contributed by atoms with van der Waals surface area (Å²) in [5.74, 6) is 0.862. The molecule has 2 heteroatoms. The molecule has 1 aromatic carbocycles. The third kappa shape index (κ3) is 2.63. The van der Waals surface area contributed by atoms with Gasteiger partial charge < -0.3 is 10.6 Å². The SMILES string of the molecule is CCC1CCN(c2ccccc2[C@H](N)CC)C1. The molecule has 1 aliphatic heterocycles. The molecule has 94 valence electrons. The van der Waals surface area contributed by atoms with E-state index in [4.69, 9.17) is 5.73 Å². The molecule has 0 spiro atoms. The fourth-order valence-corrected chi connectivity index (χ4v) is 2.69. The van der Waals surface area contributed by atoms with Gasteiger partial charge in [0, 0.05) is 24.8 Å². The molecule has 1 heterocycles. The largest absolute Gasteiger partial charge is 0.371 e. The highest BCUT2D eigenvalue weighted by Crippen LogP contribution is 2.31. The van der Waals surface area contributed by atoms with Crippen molar-refractivity contribution in [2.24, 2.45) is 11.7 Å². The molecule has 2 N–H and O–H groups in total. The van der Waals surface area contributed by atoms with Crippen LogP contribution in [0.1, 0.15) is 44.7 Å². The predicted octanol–water partition coefficient (Wildman–Crippen LogP) is 3.33. The lowest BCUT2D eigenvalue weighted by atomic mass is 10.0. The summed E-state index contributed by atoms with van der Waals surface area (Å²) in [5, 5.41) is 0. The molecule has 1 saturated heterocycles. The quantitative estimate of drug-likeness (QED) is 0.862. The second-order valence-electron chi connectivity index (χ2n) is 5.08. The Morgan fingerprint density at radius 3 is 2.76 bits per heavy atom. The number of hydrogen-bond acceptors (Lipinski definition) is 2. The van der Waals surface area contributed by atoms with E-state index in [-0.39, 0.29) is 6.04 Å². The molecule has 0 aromatic heterocycles. The van der Waals surface area contributed by atoms with Gasteiger partial charge in [0.25, 0.3) is 0 Å². The van der Waals surface area contributed by atoms with E-state index < -0.39 is 0 Å². The average Bonchev–Trinajstić information content (AvgIpc) is 2.86. The number of anilines is 1. The predicted molar refractivity (Wildman–Crippen MR) is 74.3 cm³/mol. The number of para-hydroxylation sites is 1. The lowest BCUT2D eigenvalue weighted by molar-refractivity contribution is 0.568. The summed E-state index contributed by atoms with van der Waals surface area (Å²) >= 11 is 0. The Balaban J connectivity index is 2.20. The van der Waals surface area contributed by atoms with Gasteiger partial charge in [0.2, 0.25) is 0 Å². The van der Waals surface area contributed by atoms with Crippen LogP contribution in [0, 0.1) is 5.92 Å². The Morgan fingerprint density at radius 2 is 2.12 bits per heavy atom. The zero-order chi connectivity index (χ0) is 12.3. The van der Waals surface area contributed by atoms with E-state index >= 15 is 0 Å². The highest BCUT2D eigenvalue weighted by Gasteiger charge is 2.23. The van der Waals surface area contributed by atoms with E-state index in [1.165, 1.54) is 37.2 Å². The summed E-state index contributed by atoms with van der Waals surface area (Å²) < 4.78 is 0. The molecular formula is C15H24N2. The van der Waals surface area contributed by atoms with Gasteiger partial charge in [-0.3, -0.25) is 0 Å². The van der Waals surface area contributed by atoms with E-state index in [1.807, 2.05) is 0 Å². The molecule has 0 aliphatic carbocycles. The third-order valence-corrected chi connectivity index (χ3v) is 3.98. The number of hydrogen-bond donors (Lipinski definition) is 1. The standard InChI is InChI=1S/C15H24N2/c1-3-12-9-10-17(11-12)15-8-6-5-7-13(15)14(16)4-2/h5-8,12,14H,3-4,9-11,16H2,1-2H3/t12?,14-/m1/s1. The van der Waals surface area contributed by atoms with E-state index in [1.54, 1.807) is 0 Å². The van der Waals surface area contributed by atoms with Crippen molar-refractivity contribution >= 4 is 5.69 Å². The summed E-state index contributed by atoms with van der Waals surface area (Å²) in [6, 6.07) is 8.81. The molecule has 1 aromatic rings. The van der Waals surface area contributed by atoms with Crippen LogP contribution < -0.4 is 10.6 Å². The molecule has 1 aliphatic rings. The Kier molecular flexibility index (Phi) is 4.06. The summed E-state index contributed by atoms with van der Waals surface area (Å²) in [7, 11) is 0. The van der Waals surface area contributed by atoms with E-state index in [2.05, 4.69) is 43.0 Å². The van der Waals surface area contributed by atoms with Crippen LogP contribution in [0.4, 0.5) is 5.69 Å². The second-order valence-corrected chi connectivity index (χ2v) is 5.08. The Bertz CT molecular complexity index is 362. The summed E-state index contributed by atoms with van der Waals surface area (Å²) in [6.45, 7) is 6.83. The normalized spacial score (nSPS) is 21.8. The monoisotopic (exact) mass is 232 g/mol. The van der Waals surface area contributed by atoms with Gasteiger partial charge in [0.1, 0.15) is 0 Å². The molecular weight excluding hydrogens is 208 g/mol. The second kappa shape index (κ2) is 5.54. The fourth-order valence-electron chi connectivity index (χ4n) is 2.69. The van der Waals surface area contributed by atoms with Gasteiger partial charge in [-0.15, -0.1) is 0 Å². The van der Waals surface area contributed by atoms with E-state index in [9.17, 15) is 0 Å². The summed E-state index contributed by atoms with van der Waals surface area (Å²) in [5.41, 5.74) is 8.87.